The lowest BCUT2D eigenvalue weighted by atomic mass is 9.94. The molecule has 0 aliphatic carbocycles. The molecule has 0 aliphatic heterocycles. The highest BCUT2D eigenvalue weighted by atomic mass is 35.5. The first kappa shape index (κ1) is 20.5. The van der Waals surface area contributed by atoms with Crippen LogP contribution in [0.3, 0.4) is 0 Å². The molecule has 140 valence electrons. The van der Waals surface area contributed by atoms with Gasteiger partial charge in [-0.3, -0.25) is 4.79 Å². The van der Waals surface area contributed by atoms with Gasteiger partial charge in [-0.1, -0.05) is 32.4 Å². The number of nitrogens with zero attached hydrogens (tertiary/aromatic N) is 1. The molecule has 0 unspecified atom stereocenters. The van der Waals surface area contributed by atoms with Crippen molar-refractivity contribution in [3.63, 3.8) is 0 Å². The first-order valence-corrected chi connectivity index (χ1v) is 9.60. The van der Waals surface area contributed by atoms with E-state index >= 15 is 0 Å². The highest BCUT2D eigenvalue weighted by molar-refractivity contribution is 7.14. The van der Waals surface area contributed by atoms with Gasteiger partial charge in [0.15, 0.2) is 0 Å². The van der Waals surface area contributed by atoms with Gasteiger partial charge in [-0.05, 0) is 56.0 Å². The van der Waals surface area contributed by atoms with Crippen LogP contribution >= 0.6 is 22.9 Å². The van der Waals surface area contributed by atoms with E-state index in [2.05, 4.69) is 0 Å². The Bertz CT molecular complexity index is 849. The van der Waals surface area contributed by atoms with Crippen LogP contribution in [0.4, 0.5) is 5.69 Å². The van der Waals surface area contributed by atoms with Crippen molar-refractivity contribution in [2.75, 3.05) is 4.90 Å². The first-order chi connectivity index (χ1) is 11.9. The predicted molar refractivity (Wildman–Crippen MR) is 108 cm³/mol. The number of carboxylic acid groups (broad SMARTS) is 1. The number of carbonyl (C=O) groups is 2. The molecule has 4 nitrogen and oxygen atoms in total. The third-order valence-electron chi connectivity index (χ3n) is 4.06. The maximum absolute atomic E-state index is 13.2. The molecule has 6 heteroatoms. The molecular weight excluding hydrogens is 370 g/mol. The number of amides is 1. The van der Waals surface area contributed by atoms with E-state index in [0.29, 0.717) is 16.3 Å². The summed E-state index contributed by atoms with van der Waals surface area (Å²) >= 11 is 7.23. The summed E-state index contributed by atoms with van der Waals surface area (Å²) in [6.07, 6.45) is 0. The summed E-state index contributed by atoms with van der Waals surface area (Å²) in [6, 6.07) is 6.73. The molecule has 0 aliphatic rings. The van der Waals surface area contributed by atoms with E-state index in [1.54, 1.807) is 23.1 Å². The number of halogens is 1. The Labute approximate surface area is 163 Å². The number of carbonyl (C=O) groups excluding carboxylic acids is 1. The molecular formula is C20H24ClNO3S. The molecule has 2 rings (SSSR count). The van der Waals surface area contributed by atoms with Crippen LogP contribution in [0.25, 0.3) is 0 Å². The third kappa shape index (κ3) is 4.10. The van der Waals surface area contributed by atoms with Crippen molar-refractivity contribution in [3.8, 4) is 0 Å². The molecule has 1 amide bonds. The average Bonchev–Trinajstić information content (AvgIpc) is 2.91. The van der Waals surface area contributed by atoms with E-state index < -0.39 is 5.97 Å². The molecule has 0 radical (unpaired) electrons. The number of carboxylic acids is 1. The van der Waals surface area contributed by atoms with E-state index in [0.717, 1.165) is 10.4 Å². The Morgan fingerprint density at radius 3 is 2.27 bits per heavy atom. The highest BCUT2D eigenvalue weighted by Gasteiger charge is 2.30. The number of hydrogen-bond donors (Lipinski definition) is 1. The molecule has 1 N–H and O–H groups in total. The molecule has 1 aromatic carbocycles. The zero-order valence-corrected chi connectivity index (χ0v) is 17.5. The number of aromatic carboxylic acids is 1. The summed E-state index contributed by atoms with van der Waals surface area (Å²) in [7, 11) is 0. The summed E-state index contributed by atoms with van der Waals surface area (Å²) in [6.45, 7) is 11.7. The Balaban J connectivity index is 2.62. The second-order valence-electron chi connectivity index (χ2n) is 7.61. The lowest BCUT2D eigenvalue weighted by Gasteiger charge is -2.27. The van der Waals surface area contributed by atoms with Crippen LogP contribution in [0.5, 0.6) is 0 Å². The Morgan fingerprint density at radius 1 is 1.19 bits per heavy atom. The van der Waals surface area contributed by atoms with Gasteiger partial charge in [0.1, 0.15) is 4.88 Å². The number of thiophene rings is 1. The van der Waals surface area contributed by atoms with Gasteiger partial charge in [0.25, 0.3) is 5.91 Å². The van der Waals surface area contributed by atoms with Gasteiger partial charge in [0, 0.05) is 21.5 Å². The fourth-order valence-electron chi connectivity index (χ4n) is 2.70. The minimum absolute atomic E-state index is 0.184. The van der Waals surface area contributed by atoms with Gasteiger partial charge in [-0.15, -0.1) is 11.3 Å². The third-order valence-corrected chi connectivity index (χ3v) is 5.83. The van der Waals surface area contributed by atoms with Crippen LogP contribution in [-0.4, -0.2) is 23.0 Å². The Hall–Kier alpha value is -1.85. The SMILES string of the molecule is Cc1cc(Cl)ccc1C(=O)N(c1cc(C(C)(C)C)sc1C(=O)O)C(C)C. The van der Waals surface area contributed by atoms with E-state index in [4.69, 9.17) is 11.6 Å². The molecule has 0 fully saturated rings. The number of rotatable bonds is 4. The van der Waals surface area contributed by atoms with E-state index in [-0.39, 0.29) is 22.2 Å². The van der Waals surface area contributed by atoms with Crippen LogP contribution in [0.15, 0.2) is 24.3 Å². The molecule has 0 atom stereocenters. The topological polar surface area (TPSA) is 57.6 Å². The standard InChI is InChI=1S/C20H24ClNO3S/c1-11(2)22(18(23)14-8-7-13(21)9-12(14)3)15-10-16(20(4,5)6)26-17(15)19(24)25/h7-11H,1-6H3,(H,24,25). The molecule has 2 aromatic rings. The average molecular weight is 394 g/mol. The van der Waals surface area contributed by atoms with Gasteiger partial charge in [0.05, 0.1) is 5.69 Å². The van der Waals surface area contributed by atoms with Crippen molar-refractivity contribution in [1.29, 1.82) is 0 Å². The second kappa shape index (κ2) is 7.41. The Morgan fingerprint density at radius 2 is 1.81 bits per heavy atom. The normalized spacial score (nSPS) is 11.7. The van der Waals surface area contributed by atoms with Crippen LogP contribution in [0, 0.1) is 6.92 Å². The first-order valence-electron chi connectivity index (χ1n) is 8.40. The van der Waals surface area contributed by atoms with Crippen LogP contribution in [0.2, 0.25) is 5.02 Å². The largest absolute Gasteiger partial charge is 0.477 e. The summed E-state index contributed by atoms with van der Waals surface area (Å²) < 4.78 is 0. The quantitative estimate of drug-likeness (QED) is 0.718. The summed E-state index contributed by atoms with van der Waals surface area (Å²) in [5, 5.41) is 10.2. The summed E-state index contributed by atoms with van der Waals surface area (Å²) in [5.41, 5.74) is 1.52. The monoisotopic (exact) mass is 393 g/mol. The van der Waals surface area contributed by atoms with Gasteiger partial charge in [-0.25, -0.2) is 4.79 Å². The number of aryl methyl sites for hydroxylation is 1. The predicted octanol–water partition coefficient (Wildman–Crippen LogP) is 5.76. The van der Waals surface area contributed by atoms with Crippen LogP contribution in [0.1, 0.15) is 65.1 Å². The smallest absolute Gasteiger partial charge is 0.348 e. The molecule has 0 bridgehead atoms. The maximum atomic E-state index is 13.2. The van der Waals surface area contributed by atoms with E-state index in [1.807, 2.05) is 47.6 Å². The van der Waals surface area contributed by atoms with Gasteiger partial charge >= 0.3 is 5.97 Å². The van der Waals surface area contributed by atoms with Crippen LogP contribution in [-0.2, 0) is 5.41 Å². The van der Waals surface area contributed by atoms with Crippen molar-refractivity contribution in [2.24, 2.45) is 0 Å². The number of benzene rings is 1. The van der Waals surface area contributed by atoms with Crippen molar-refractivity contribution in [3.05, 3.63) is 50.2 Å². The molecule has 26 heavy (non-hydrogen) atoms. The zero-order chi connectivity index (χ0) is 19.8. The van der Waals surface area contributed by atoms with Crippen LogP contribution < -0.4 is 4.90 Å². The fraction of sp³-hybridized carbons (Fsp3) is 0.400. The molecule has 0 saturated heterocycles. The van der Waals surface area contributed by atoms with Gasteiger partial charge in [-0.2, -0.15) is 0 Å². The zero-order valence-electron chi connectivity index (χ0n) is 15.9. The maximum Gasteiger partial charge on any atom is 0.348 e. The van der Waals surface area contributed by atoms with Gasteiger partial charge in [0.2, 0.25) is 0 Å². The van der Waals surface area contributed by atoms with Crippen molar-refractivity contribution in [2.45, 2.75) is 53.0 Å². The number of anilines is 1. The Kier molecular flexibility index (Phi) is 5.83. The molecule has 0 saturated carbocycles. The van der Waals surface area contributed by atoms with E-state index in [1.165, 1.54) is 11.3 Å². The number of hydrogen-bond acceptors (Lipinski definition) is 3. The summed E-state index contributed by atoms with van der Waals surface area (Å²) in [5.74, 6) is -1.25. The molecule has 0 spiro atoms. The van der Waals surface area contributed by atoms with E-state index in [9.17, 15) is 14.7 Å². The van der Waals surface area contributed by atoms with Crippen molar-refractivity contribution >= 4 is 40.5 Å². The van der Waals surface area contributed by atoms with Gasteiger partial charge < -0.3 is 10.0 Å². The fourth-order valence-corrected chi connectivity index (χ4v) is 3.97. The van der Waals surface area contributed by atoms with Crippen molar-refractivity contribution < 1.29 is 14.7 Å². The second-order valence-corrected chi connectivity index (χ2v) is 9.10. The van der Waals surface area contributed by atoms with Crippen molar-refractivity contribution in [1.82, 2.24) is 0 Å². The minimum Gasteiger partial charge on any atom is -0.477 e. The lowest BCUT2D eigenvalue weighted by Crippen LogP contribution is -2.38. The molecule has 1 aromatic heterocycles. The lowest BCUT2D eigenvalue weighted by molar-refractivity contribution is 0.0703. The highest BCUT2D eigenvalue weighted by Crippen LogP contribution is 2.38. The molecule has 1 heterocycles. The summed E-state index contributed by atoms with van der Waals surface area (Å²) in [4.78, 5) is 27.7. The minimum atomic E-state index is -1.02.